The second-order valence-electron chi connectivity index (χ2n) is 5.46. The molecule has 1 amide bonds. The van der Waals surface area contributed by atoms with Crippen molar-refractivity contribution >= 4 is 27.7 Å². The zero-order valence-corrected chi connectivity index (χ0v) is 14.5. The molecule has 0 aliphatic rings. The van der Waals surface area contributed by atoms with E-state index in [0.29, 0.717) is 5.69 Å². The quantitative estimate of drug-likeness (QED) is 0.795. The molecule has 0 aliphatic carbocycles. The summed E-state index contributed by atoms with van der Waals surface area (Å²) in [7, 11) is -3.62. The Morgan fingerprint density at radius 1 is 1.08 bits per heavy atom. The van der Waals surface area contributed by atoms with Crippen molar-refractivity contribution in [3.8, 4) is 0 Å². The summed E-state index contributed by atoms with van der Waals surface area (Å²) < 4.78 is 38.9. The van der Waals surface area contributed by atoms with Gasteiger partial charge in [-0.3, -0.25) is 4.79 Å². The molecule has 0 heterocycles. The van der Waals surface area contributed by atoms with Gasteiger partial charge in [0.25, 0.3) is 0 Å². The number of sulfonamides is 1. The van der Waals surface area contributed by atoms with Crippen LogP contribution in [0.25, 0.3) is 6.08 Å². The third kappa shape index (κ3) is 6.86. The first-order valence-electron chi connectivity index (χ1n) is 7.64. The molecule has 2 N–H and O–H groups in total. The van der Waals surface area contributed by atoms with Crippen molar-refractivity contribution < 1.29 is 17.6 Å². The molecule has 0 atom stereocenters. The first-order valence-corrected chi connectivity index (χ1v) is 9.18. The zero-order chi connectivity index (χ0) is 18.3. The van der Waals surface area contributed by atoms with Crippen LogP contribution in [0.4, 0.5) is 10.1 Å². The van der Waals surface area contributed by atoms with E-state index in [0.717, 1.165) is 16.5 Å². The molecule has 0 bridgehead atoms. The van der Waals surface area contributed by atoms with E-state index >= 15 is 0 Å². The lowest BCUT2D eigenvalue weighted by Crippen LogP contribution is -2.26. The standard InChI is InChI=1S/C18H19FN2O3S/c1-14-2-4-15(5-3-14)11-13-25(23,24)20-12-10-18(22)21-17-8-6-16(19)7-9-17/h2-9,11,13,20H,10,12H2,1H3,(H,21,22)/b13-11+. The van der Waals surface area contributed by atoms with Crippen molar-refractivity contribution in [3.63, 3.8) is 0 Å². The maximum absolute atomic E-state index is 12.8. The molecular weight excluding hydrogens is 343 g/mol. The molecule has 0 aromatic heterocycles. The van der Waals surface area contributed by atoms with Gasteiger partial charge in [-0.15, -0.1) is 0 Å². The van der Waals surface area contributed by atoms with Gasteiger partial charge in [0, 0.05) is 24.1 Å². The van der Waals surface area contributed by atoms with E-state index in [4.69, 9.17) is 0 Å². The third-order valence-corrected chi connectivity index (χ3v) is 4.40. The van der Waals surface area contributed by atoms with Crippen LogP contribution < -0.4 is 10.0 Å². The molecule has 5 nitrogen and oxygen atoms in total. The van der Waals surface area contributed by atoms with Crippen LogP contribution in [0, 0.1) is 12.7 Å². The third-order valence-electron chi connectivity index (χ3n) is 3.30. The number of hydrogen-bond acceptors (Lipinski definition) is 3. The van der Waals surface area contributed by atoms with Gasteiger partial charge in [0.2, 0.25) is 15.9 Å². The van der Waals surface area contributed by atoms with Crippen LogP contribution in [0.2, 0.25) is 0 Å². The van der Waals surface area contributed by atoms with Gasteiger partial charge in [0.05, 0.1) is 0 Å². The Morgan fingerprint density at radius 3 is 2.36 bits per heavy atom. The molecule has 0 aliphatic heterocycles. The van der Waals surface area contributed by atoms with Crippen molar-refractivity contribution in [3.05, 3.63) is 70.9 Å². The van der Waals surface area contributed by atoms with Crippen molar-refractivity contribution in [2.75, 3.05) is 11.9 Å². The first kappa shape index (κ1) is 18.8. The van der Waals surface area contributed by atoms with Gasteiger partial charge in [0.1, 0.15) is 5.82 Å². The van der Waals surface area contributed by atoms with Crippen LogP contribution >= 0.6 is 0 Å². The number of aryl methyl sites for hydroxylation is 1. The van der Waals surface area contributed by atoms with Crippen LogP contribution in [0.1, 0.15) is 17.5 Å². The normalized spacial score (nSPS) is 11.6. The summed E-state index contributed by atoms with van der Waals surface area (Å²) in [6.45, 7) is 1.91. The van der Waals surface area contributed by atoms with Crippen LogP contribution in [0.3, 0.4) is 0 Å². The number of anilines is 1. The van der Waals surface area contributed by atoms with E-state index in [2.05, 4.69) is 10.0 Å². The number of hydrogen-bond donors (Lipinski definition) is 2. The molecule has 25 heavy (non-hydrogen) atoms. The van der Waals surface area contributed by atoms with Crippen molar-refractivity contribution in [1.29, 1.82) is 0 Å². The minimum atomic E-state index is -3.62. The molecular formula is C18H19FN2O3S. The summed E-state index contributed by atoms with van der Waals surface area (Å²) in [6.07, 6.45) is 1.45. The van der Waals surface area contributed by atoms with Crippen molar-refractivity contribution in [2.45, 2.75) is 13.3 Å². The number of benzene rings is 2. The molecule has 0 saturated heterocycles. The monoisotopic (exact) mass is 362 g/mol. The molecule has 0 saturated carbocycles. The summed E-state index contributed by atoms with van der Waals surface area (Å²) in [5.41, 5.74) is 2.31. The number of halogens is 1. The molecule has 7 heteroatoms. The van der Waals surface area contributed by atoms with E-state index in [1.165, 1.54) is 30.3 Å². The Hall–Kier alpha value is -2.51. The van der Waals surface area contributed by atoms with Crippen LogP contribution in [-0.4, -0.2) is 20.9 Å². The minimum Gasteiger partial charge on any atom is -0.326 e. The average Bonchev–Trinajstić information content (AvgIpc) is 2.56. The maximum Gasteiger partial charge on any atom is 0.233 e. The van der Waals surface area contributed by atoms with E-state index in [1.54, 1.807) is 0 Å². The Morgan fingerprint density at radius 2 is 1.72 bits per heavy atom. The summed E-state index contributed by atoms with van der Waals surface area (Å²) in [5, 5.41) is 3.63. The average molecular weight is 362 g/mol. The molecule has 0 spiro atoms. The lowest BCUT2D eigenvalue weighted by molar-refractivity contribution is -0.116. The summed E-state index contributed by atoms with van der Waals surface area (Å²) in [5.74, 6) is -0.761. The molecule has 0 fully saturated rings. The summed E-state index contributed by atoms with van der Waals surface area (Å²) in [4.78, 5) is 11.7. The minimum absolute atomic E-state index is 0.0328. The molecule has 2 aromatic rings. The zero-order valence-electron chi connectivity index (χ0n) is 13.7. The number of nitrogens with one attached hydrogen (secondary N) is 2. The SMILES string of the molecule is Cc1ccc(/C=C/S(=O)(=O)NCCC(=O)Nc2ccc(F)cc2)cc1. The molecule has 0 unspecified atom stereocenters. The fourth-order valence-electron chi connectivity index (χ4n) is 1.96. The second kappa shape index (κ2) is 8.55. The molecule has 0 radical (unpaired) electrons. The van der Waals surface area contributed by atoms with Gasteiger partial charge in [-0.05, 0) is 42.8 Å². The highest BCUT2D eigenvalue weighted by Crippen LogP contribution is 2.09. The Kier molecular flexibility index (Phi) is 6.44. The number of amides is 1. The molecule has 2 rings (SSSR count). The van der Waals surface area contributed by atoms with Crippen LogP contribution in [-0.2, 0) is 14.8 Å². The fourth-order valence-corrected chi connectivity index (χ4v) is 2.78. The van der Waals surface area contributed by atoms with Gasteiger partial charge in [-0.2, -0.15) is 0 Å². The van der Waals surface area contributed by atoms with Crippen LogP contribution in [0.5, 0.6) is 0 Å². The number of carbonyl (C=O) groups excluding carboxylic acids is 1. The predicted molar refractivity (Wildman–Crippen MR) is 96.8 cm³/mol. The van der Waals surface area contributed by atoms with Gasteiger partial charge in [0.15, 0.2) is 0 Å². The highest BCUT2D eigenvalue weighted by Gasteiger charge is 2.07. The topological polar surface area (TPSA) is 75.3 Å². The van der Waals surface area contributed by atoms with Gasteiger partial charge in [-0.25, -0.2) is 17.5 Å². The van der Waals surface area contributed by atoms with Gasteiger partial charge >= 0.3 is 0 Å². The lowest BCUT2D eigenvalue weighted by Gasteiger charge is -2.05. The van der Waals surface area contributed by atoms with Crippen LogP contribution in [0.15, 0.2) is 53.9 Å². The summed E-state index contributed by atoms with van der Waals surface area (Å²) >= 11 is 0. The van der Waals surface area contributed by atoms with E-state index < -0.39 is 15.8 Å². The first-order chi connectivity index (χ1) is 11.8. The van der Waals surface area contributed by atoms with E-state index in [1.807, 2.05) is 31.2 Å². The number of carbonyl (C=O) groups is 1. The number of rotatable bonds is 7. The van der Waals surface area contributed by atoms with E-state index in [9.17, 15) is 17.6 Å². The maximum atomic E-state index is 12.8. The van der Waals surface area contributed by atoms with Crippen molar-refractivity contribution in [1.82, 2.24) is 4.72 Å². The predicted octanol–water partition coefficient (Wildman–Crippen LogP) is 3.05. The second-order valence-corrected chi connectivity index (χ2v) is 7.11. The Bertz CT molecular complexity index is 845. The lowest BCUT2D eigenvalue weighted by atomic mass is 10.2. The fraction of sp³-hybridized carbons (Fsp3) is 0.167. The largest absolute Gasteiger partial charge is 0.326 e. The Labute approximate surface area is 146 Å². The molecule has 2 aromatic carbocycles. The molecule has 132 valence electrons. The highest BCUT2D eigenvalue weighted by atomic mass is 32.2. The smallest absolute Gasteiger partial charge is 0.233 e. The summed E-state index contributed by atoms with van der Waals surface area (Å²) in [6, 6.07) is 12.7. The van der Waals surface area contributed by atoms with E-state index in [-0.39, 0.29) is 18.9 Å². The Balaban J connectivity index is 1.80. The van der Waals surface area contributed by atoms with Crippen molar-refractivity contribution in [2.24, 2.45) is 0 Å². The highest BCUT2D eigenvalue weighted by molar-refractivity contribution is 7.92. The van der Waals surface area contributed by atoms with Gasteiger partial charge < -0.3 is 5.32 Å². The van der Waals surface area contributed by atoms with Gasteiger partial charge in [-0.1, -0.05) is 29.8 Å².